The molecule has 0 aliphatic rings. The predicted octanol–water partition coefficient (Wildman–Crippen LogP) is 6.68. The molecule has 0 nitrogen and oxygen atoms in total. The summed E-state index contributed by atoms with van der Waals surface area (Å²) in [5.74, 6) is 6.62. The fourth-order valence-corrected chi connectivity index (χ4v) is 3.12. The Bertz CT molecular complexity index is 1080. The van der Waals surface area contributed by atoms with Gasteiger partial charge in [-0.2, -0.15) is 0 Å². The van der Waals surface area contributed by atoms with Crippen molar-refractivity contribution in [1.82, 2.24) is 0 Å². The highest BCUT2D eigenvalue weighted by Gasteiger charge is 2.06. The lowest BCUT2D eigenvalue weighted by molar-refractivity contribution is 1.54. The Morgan fingerprint density at radius 2 is 1.00 bits per heavy atom. The minimum Gasteiger partial charge on any atom is -0.0622 e. The van der Waals surface area contributed by atoms with E-state index < -0.39 is 0 Å². The molecule has 132 valence electrons. The van der Waals surface area contributed by atoms with E-state index in [0.717, 1.165) is 16.7 Å². The molecule has 0 aliphatic carbocycles. The molecule has 0 atom stereocenters. The fourth-order valence-electron chi connectivity index (χ4n) is 3.12. The van der Waals surface area contributed by atoms with E-state index in [0.29, 0.717) is 0 Å². The zero-order chi connectivity index (χ0) is 19.0. The Morgan fingerprint density at radius 3 is 1.61 bits per heavy atom. The highest BCUT2D eigenvalue weighted by molar-refractivity contribution is 5.92. The van der Waals surface area contributed by atoms with E-state index in [2.05, 4.69) is 84.6 Å². The van der Waals surface area contributed by atoms with Gasteiger partial charge in [-0.3, -0.25) is 0 Å². The monoisotopic (exact) mass is 356 g/mol. The van der Waals surface area contributed by atoms with Crippen molar-refractivity contribution in [3.63, 3.8) is 0 Å². The van der Waals surface area contributed by atoms with Crippen molar-refractivity contribution in [1.29, 1.82) is 0 Å². The van der Waals surface area contributed by atoms with Gasteiger partial charge in [0, 0.05) is 11.1 Å². The van der Waals surface area contributed by atoms with Crippen LogP contribution in [0.5, 0.6) is 0 Å². The molecule has 4 aromatic rings. The second-order valence-electron chi connectivity index (χ2n) is 6.49. The first-order chi connectivity index (χ1) is 13.9. The smallest absolute Gasteiger partial charge is 0.0321 e. The van der Waals surface area contributed by atoms with Gasteiger partial charge in [0.25, 0.3) is 0 Å². The minimum atomic E-state index is 1.02. The average Bonchev–Trinajstić information content (AvgIpc) is 2.78. The average molecular weight is 356 g/mol. The molecule has 0 N–H and O–H groups in total. The quantitative estimate of drug-likeness (QED) is 0.284. The summed E-state index contributed by atoms with van der Waals surface area (Å²) >= 11 is 0. The van der Waals surface area contributed by atoms with Gasteiger partial charge < -0.3 is 0 Å². The molecule has 0 heteroatoms. The molecule has 0 fully saturated rings. The molecule has 4 aromatic carbocycles. The van der Waals surface area contributed by atoms with Crippen LogP contribution >= 0.6 is 0 Å². The van der Waals surface area contributed by atoms with Crippen molar-refractivity contribution in [2.24, 2.45) is 0 Å². The van der Waals surface area contributed by atoms with E-state index in [1.165, 1.54) is 16.7 Å². The van der Waals surface area contributed by atoms with Gasteiger partial charge in [0.15, 0.2) is 0 Å². The van der Waals surface area contributed by atoms with Crippen molar-refractivity contribution in [2.45, 2.75) is 0 Å². The van der Waals surface area contributed by atoms with Crippen molar-refractivity contribution in [3.8, 4) is 11.8 Å². The van der Waals surface area contributed by atoms with E-state index >= 15 is 0 Å². The van der Waals surface area contributed by atoms with Crippen molar-refractivity contribution < 1.29 is 0 Å². The minimum absolute atomic E-state index is 1.02. The second kappa shape index (κ2) is 8.71. The van der Waals surface area contributed by atoms with Crippen LogP contribution in [-0.4, -0.2) is 0 Å². The lowest BCUT2D eigenvalue weighted by Gasteiger charge is -2.10. The molecule has 0 aliphatic heterocycles. The van der Waals surface area contributed by atoms with E-state index in [1.54, 1.807) is 0 Å². The first kappa shape index (κ1) is 17.6. The molecule has 0 spiro atoms. The summed E-state index contributed by atoms with van der Waals surface area (Å²) < 4.78 is 0. The van der Waals surface area contributed by atoms with Crippen molar-refractivity contribution >= 4 is 11.6 Å². The van der Waals surface area contributed by atoms with Crippen LogP contribution in [-0.2, 0) is 0 Å². The van der Waals surface area contributed by atoms with E-state index in [9.17, 15) is 0 Å². The van der Waals surface area contributed by atoms with Crippen LogP contribution in [0.15, 0.2) is 115 Å². The van der Waals surface area contributed by atoms with Crippen LogP contribution in [0.1, 0.15) is 27.8 Å². The Kier molecular flexibility index (Phi) is 5.47. The summed E-state index contributed by atoms with van der Waals surface area (Å²) in [4.78, 5) is 0. The van der Waals surface area contributed by atoms with E-state index in [1.807, 2.05) is 48.5 Å². The van der Waals surface area contributed by atoms with Gasteiger partial charge in [0.05, 0.1) is 0 Å². The number of rotatable bonds is 3. The Balaban J connectivity index is 1.81. The molecule has 0 heterocycles. The van der Waals surface area contributed by atoms with Gasteiger partial charge in [0.1, 0.15) is 0 Å². The van der Waals surface area contributed by atoms with Crippen molar-refractivity contribution in [3.05, 3.63) is 143 Å². The highest BCUT2D eigenvalue weighted by Crippen LogP contribution is 2.26. The van der Waals surface area contributed by atoms with Crippen LogP contribution in [0.3, 0.4) is 0 Å². The summed E-state index contributed by atoms with van der Waals surface area (Å²) in [5, 5.41) is 0. The van der Waals surface area contributed by atoms with Gasteiger partial charge in [-0.15, -0.1) is 0 Å². The lowest BCUT2D eigenvalue weighted by atomic mass is 9.94. The number of benzene rings is 4. The molecule has 0 amide bonds. The molecule has 28 heavy (non-hydrogen) atoms. The third kappa shape index (κ3) is 4.29. The van der Waals surface area contributed by atoms with Crippen molar-refractivity contribution in [2.75, 3.05) is 0 Å². The topological polar surface area (TPSA) is 0 Å². The standard InChI is InChI=1S/C28H20/c1-4-12-23(13-5-1)20-21-24-14-10-11-19-27(24)22-28(25-15-6-2-7-16-25)26-17-8-3-9-18-26/h1-19,22H. The first-order valence-electron chi connectivity index (χ1n) is 9.39. The zero-order valence-electron chi connectivity index (χ0n) is 15.5. The van der Waals surface area contributed by atoms with E-state index in [4.69, 9.17) is 0 Å². The molecule has 4 rings (SSSR count). The van der Waals surface area contributed by atoms with Gasteiger partial charge >= 0.3 is 0 Å². The van der Waals surface area contributed by atoms with Crippen LogP contribution < -0.4 is 0 Å². The number of hydrogen-bond acceptors (Lipinski definition) is 0. The van der Waals surface area contributed by atoms with E-state index in [-0.39, 0.29) is 0 Å². The zero-order valence-corrected chi connectivity index (χ0v) is 15.5. The van der Waals surface area contributed by atoms with Gasteiger partial charge in [-0.25, -0.2) is 0 Å². The van der Waals surface area contributed by atoms with Crippen LogP contribution in [0.2, 0.25) is 0 Å². The normalized spacial score (nSPS) is 9.86. The molecule has 0 saturated heterocycles. The molecule has 0 saturated carbocycles. The fraction of sp³-hybridized carbons (Fsp3) is 0. The van der Waals surface area contributed by atoms with Gasteiger partial charge in [-0.05, 0) is 46.5 Å². The predicted molar refractivity (Wildman–Crippen MR) is 119 cm³/mol. The Hall–Kier alpha value is -3.82. The summed E-state index contributed by atoms with van der Waals surface area (Å²) in [6, 6.07) is 39.4. The van der Waals surface area contributed by atoms with Crippen LogP contribution in [0, 0.1) is 11.8 Å². The molecule has 0 bridgehead atoms. The summed E-state index contributed by atoms with van der Waals surface area (Å²) in [7, 11) is 0. The second-order valence-corrected chi connectivity index (χ2v) is 6.49. The molecular formula is C28H20. The van der Waals surface area contributed by atoms with Crippen LogP contribution in [0.4, 0.5) is 0 Å². The lowest BCUT2D eigenvalue weighted by Crippen LogP contribution is -1.89. The SMILES string of the molecule is C(#Cc1ccccc1C=C(c1ccccc1)c1ccccc1)c1ccccc1. The molecule has 0 aromatic heterocycles. The molecular weight excluding hydrogens is 336 g/mol. The van der Waals surface area contributed by atoms with Gasteiger partial charge in [0.2, 0.25) is 0 Å². The Labute approximate surface area is 166 Å². The molecule has 0 radical (unpaired) electrons. The summed E-state index contributed by atoms with van der Waals surface area (Å²) in [5.41, 5.74) is 6.74. The summed E-state index contributed by atoms with van der Waals surface area (Å²) in [6.45, 7) is 0. The first-order valence-corrected chi connectivity index (χ1v) is 9.39. The third-order valence-electron chi connectivity index (χ3n) is 4.55. The number of hydrogen-bond donors (Lipinski definition) is 0. The maximum absolute atomic E-state index is 3.34. The van der Waals surface area contributed by atoms with Crippen LogP contribution in [0.25, 0.3) is 11.6 Å². The Morgan fingerprint density at radius 1 is 0.500 bits per heavy atom. The maximum Gasteiger partial charge on any atom is 0.0321 e. The largest absolute Gasteiger partial charge is 0.0622 e. The third-order valence-corrected chi connectivity index (χ3v) is 4.55. The summed E-state index contributed by atoms with van der Waals surface area (Å²) in [6.07, 6.45) is 2.24. The maximum atomic E-state index is 3.34. The highest BCUT2D eigenvalue weighted by atomic mass is 14.1. The molecule has 0 unspecified atom stereocenters. The van der Waals surface area contributed by atoms with Gasteiger partial charge in [-0.1, -0.05) is 109 Å².